The lowest BCUT2D eigenvalue weighted by atomic mass is 9.88. The lowest BCUT2D eigenvalue weighted by molar-refractivity contribution is 0.102. The number of aromatic nitrogens is 1. The average Bonchev–Trinajstić information content (AvgIpc) is 2.75. The van der Waals surface area contributed by atoms with E-state index in [0.29, 0.717) is 29.8 Å². The number of pyridine rings is 1. The number of amidine groups is 1. The van der Waals surface area contributed by atoms with Gasteiger partial charge in [0.15, 0.2) is 0 Å². The van der Waals surface area contributed by atoms with E-state index in [-0.39, 0.29) is 17.6 Å². The Balaban J connectivity index is 1.65. The number of nitrogens with one attached hydrogen (secondary N) is 1. The zero-order valence-corrected chi connectivity index (χ0v) is 16.4. The van der Waals surface area contributed by atoms with Gasteiger partial charge in [-0.25, -0.2) is 9.38 Å². The molecule has 2 aromatic carbocycles. The Morgan fingerprint density at radius 1 is 1.17 bits per heavy atom. The number of anilines is 1. The highest BCUT2D eigenvalue weighted by Gasteiger charge is 2.33. The number of benzene rings is 2. The molecule has 1 aromatic heterocycles. The van der Waals surface area contributed by atoms with Gasteiger partial charge in [0.25, 0.3) is 11.9 Å². The second kappa shape index (κ2) is 7.94. The van der Waals surface area contributed by atoms with Gasteiger partial charge in [-0.05, 0) is 36.8 Å². The number of halogens is 1. The zero-order chi connectivity index (χ0) is 21.1. The summed E-state index contributed by atoms with van der Waals surface area (Å²) < 4.78 is 19.8. The summed E-state index contributed by atoms with van der Waals surface area (Å²) in [5, 5.41) is 2.82. The standard InChI is InChI=1S/C23H21FN4O2/c1-23(11-13-30-22(25)28-23)18-14-16(9-10-19(18)24)27-21(29)20-17(8-5-12-26-20)15-6-3-2-4-7-15/h2-10,12,14H,11,13H2,1H3,(H2,25,28)(H,27,29)/t23-/m0/s1. The predicted molar refractivity (Wildman–Crippen MR) is 114 cm³/mol. The summed E-state index contributed by atoms with van der Waals surface area (Å²) in [6.45, 7) is 2.13. The normalized spacial score (nSPS) is 18.3. The van der Waals surface area contributed by atoms with Crippen molar-refractivity contribution in [2.24, 2.45) is 10.7 Å². The van der Waals surface area contributed by atoms with Gasteiger partial charge in [0.2, 0.25) is 0 Å². The summed E-state index contributed by atoms with van der Waals surface area (Å²) in [5.41, 5.74) is 7.50. The molecular weight excluding hydrogens is 383 g/mol. The molecule has 1 aliphatic heterocycles. The van der Waals surface area contributed by atoms with Gasteiger partial charge in [0.1, 0.15) is 11.5 Å². The number of nitrogens with two attached hydrogens (primary N) is 1. The molecule has 4 rings (SSSR count). The number of rotatable bonds is 4. The molecule has 0 saturated heterocycles. The number of aliphatic imine (C=N–C) groups is 1. The number of carbonyl (C=O) groups excluding carboxylic acids is 1. The van der Waals surface area contributed by atoms with Crippen molar-refractivity contribution in [1.82, 2.24) is 4.98 Å². The highest BCUT2D eigenvalue weighted by Crippen LogP contribution is 2.35. The third-order valence-corrected chi connectivity index (χ3v) is 5.11. The van der Waals surface area contributed by atoms with Gasteiger partial charge < -0.3 is 15.8 Å². The minimum absolute atomic E-state index is 0.0265. The second-order valence-corrected chi connectivity index (χ2v) is 7.24. The van der Waals surface area contributed by atoms with Gasteiger partial charge in [-0.15, -0.1) is 0 Å². The van der Waals surface area contributed by atoms with Gasteiger partial charge in [-0.1, -0.05) is 36.4 Å². The molecule has 1 atom stereocenters. The summed E-state index contributed by atoms with van der Waals surface area (Å²) in [6, 6.07) is 17.6. The quantitative estimate of drug-likeness (QED) is 0.685. The van der Waals surface area contributed by atoms with Crippen LogP contribution in [0.1, 0.15) is 29.4 Å². The van der Waals surface area contributed by atoms with Crippen molar-refractivity contribution in [3.05, 3.63) is 83.9 Å². The largest absolute Gasteiger partial charge is 0.465 e. The van der Waals surface area contributed by atoms with E-state index in [9.17, 15) is 9.18 Å². The molecule has 152 valence electrons. The van der Waals surface area contributed by atoms with Crippen molar-refractivity contribution < 1.29 is 13.9 Å². The Bertz CT molecular complexity index is 1120. The molecule has 0 unspecified atom stereocenters. The molecular formula is C23H21FN4O2. The van der Waals surface area contributed by atoms with Crippen LogP contribution in [-0.4, -0.2) is 23.5 Å². The van der Waals surface area contributed by atoms with E-state index in [1.54, 1.807) is 25.3 Å². The Morgan fingerprint density at radius 3 is 2.73 bits per heavy atom. The summed E-state index contributed by atoms with van der Waals surface area (Å²) in [7, 11) is 0. The van der Waals surface area contributed by atoms with Gasteiger partial charge in [-0.3, -0.25) is 9.78 Å². The third-order valence-electron chi connectivity index (χ3n) is 5.11. The van der Waals surface area contributed by atoms with Gasteiger partial charge in [0.05, 0.1) is 12.1 Å². The molecule has 0 fully saturated rings. The molecule has 1 aliphatic rings. The molecule has 3 N–H and O–H groups in total. The zero-order valence-electron chi connectivity index (χ0n) is 16.4. The van der Waals surface area contributed by atoms with E-state index >= 15 is 0 Å². The maximum Gasteiger partial charge on any atom is 0.282 e. The molecule has 0 bridgehead atoms. The molecule has 30 heavy (non-hydrogen) atoms. The Hall–Kier alpha value is -3.74. The maximum atomic E-state index is 14.6. The SMILES string of the molecule is C[C@@]1(c2cc(NC(=O)c3ncccc3-c3ccccc3)ccc2F)CCOC(N)=N1. The fourth-order valence-corrected chi connectivity index (χ4v) is 3.52. The van der Waals surface area contributed by atoms with E-state index in [1.165, 1.54) is 12.1 Å². The summed E-state index contributed by atoms with van der Waals surface area (Å²) in [5.74, 6) is -0.802. The van der Waals surface area contributed by atoms with Gasteiger partial charge in [0, 0.05) is 29.4 Å². The second-order valence-electron chi connectivity index (χ2n) is 7.24. The van der Waals surface area contributed by atoms with Crippen LogP contribution in [0.3, 0.4) is 0 Å². The van der Waals surface area contributed by atoms with Crippen molar-refractivity contribution in [2.75, 3.05) is 11.9 Å². The van der Waals surface area contributed by atoms with Crippen LogP contribution in [0.5, 0.6) is 0 Å². The van der Waals surface area contributed by atoms with Crippen LogP contribution in [0, 0.1) is 5.82 Å². The number of ether oxygens (including phenoxy) is 1. The molecule has 7 heteroatoms. The van der Waals surface area contributed by atoms with E-state index < -0.39 is 11.4 Å². The molecule has 6 nitrogen and oxygen atoms in total. The highest BCUT2D eigenvalue weighted by molar-refractivity contribution is 6.07. The van der Waals surface area contributed by atoms with Gasteiger partial charge >= 0.3 is 0 Å². The summed E-state index contributed by atoms with van der Waals surface area (Å²) in [6.07, 6.45) is 2.04. The molecule has 0 radical (unpaired) electrons. The molecule has 3 aromatic rings. The van der Waals surface area contributed by atoms with E-state index in [0.717, 1.165) is 5.56 Å². The van der Waals surface area contributed by atoms with Crippen molar-refractivity contribution in [3.8, 4) is 11.1 Å². The smallest absolute Gasteiger partial charge is 0.282 e. The summed E-state index contributed by atoms with van der Waals surface area (Å²) >= 11 is 0. The van der Waals surface area contributed by atoms with E-state index in [2.05, 4.69) is 15.3 Å². The first-order chi connectivity index (χ1) is 14.5. The number of hydrogen-bond donors (Lipinski definition) is 2. The molecule has 2 heterocycles. The Kier molecular flexibility index (Phi) is 5.18. The number of carbonyl (C=O) groups is 1. The third kappa shape index (κ3) is 3.87. The Morgan fingerprint density at radius 2 is 1.97 bits per heavy atom. The highest BCUT2D eigenvalue weighted by atomic mass is 19.1. The molecule has 0 saturated carbocycles. The van der Waals surface area contributed by atoms with Crippen molar-refractivity contribution in [1.29, 1.82) is 0 Å². The predicted octanol–water partition coefficient (Wildman–Crippen LogP) is 4.09. The van der Waals surface area contributed by atoms with Crippen LogP contribution in [-0.2, 0) is 10.3 Å². The monoisotopic (exact) mass is 404 g/mol. The van der Waals surface area contributed by atoms with Crippen LogP contribution in [0.2, 0.25) is 0 Å². The first-order valence-electron chi connectivity index (χ1n) is 9.56. The lowest BCUT2D eigenvalue weighted by Gasteiger charge is -2.30. The lowest BCUT2D eigenvalue weighted by Crippen LogP contribution is -2.34. The minimum atomic E-state index is -0.868. The van der Waals surface area contributed by atoms with Crippen molar-refractivity contribution >= 4 is 17.6 Å². The molecule has 1 amide bonds. The average molecular weight is 404 g/mol. The van der Waals surface area contributed by atoms with Crippen LogP contribution in [0.15, 0.2) is 71.9 Å². The van der Waals surface area contributed by atoms with E-state index in [1.807, 2.05) is 36.4 Å². The van der Waals surface area contributed by atoms with E-state index in [4.69, 9.17) is 10.5 Å². The fraction of sp³-hybridized carbons (Fsp3) is 0.174. The van der Waals surface area contributed by atoms with Crippen LogP contribution < -0.4 is 11.1 Å². The first-order valence-corrected chi connectivity index (χ1v) is 9.56. The summed E-state index contributed by atoms with van der Waals surface area (Å²) in [4.78, 5) is 21.5. The van der Waals surface area contributed by atoms with Crippen molar-refractivity contribution in [3.63, 3.8) is 0 Å². The van der Waals surface area contributed by atoms with Gasteiger partial charge in [-0.2, -0.15) is 0 Å². The molecule has 0 spiro atoms. The maximum absolute atomic E-state index is 14.6. The van der Waals surface area contributed by atoms with Crippen LogP contribution >= 0.6 is 0 Å². The van der Waals surface area contributed by atoms with Crippen LogP contribution in [0.4, 0.5) is 10.1 Å². The minimum Gasteiger partial charge on any atom is -0.465 e. The number of nitrogens with zero attached hydrogens (tertiary/aromatic N) is 2. The fourth-order valence-electron chi connectivity index (χ4n) is 3.52. The van der Waals surface area contributed by atoms with Crippen LogP contribution in [0.25, 0.3) is 11.1 Å². The number of hydrogen-bond acceptors (Lipinski definition) is 5. The van der Waals surface area contributed by atoms with Crippen molar-refractivity contribution in [2.45, 2.75) is 18.9 Å². The number of amides is 1. The molecule has 0 aliphatic carbocycles. The topological polar surface area (TPSA) is 89.6 Å². The first kappa shape index (κ1) is 19.6. The Labute approximate surface area is 173 Å².